The molecule has 0 aliphatic heterocycles. The minimum Gasteiger partial charge on any atom is -0.317 e. The number of para-hydroxylation sites is 1. The van der Waals surface area contributed by atoms with Crippen molar-refractivity contribution in [2.24, 2.45) is 0 Å². The van der Waals surface area contributed by atoms with Crippen molar-refractivity contribution in [3.8, 4) is 0 Å². The SMILES string of the molecule is CCc1cccc(C)c1NC(=O)C(=O)Nc1cccc2ccccc12. The van der Waals surface area contributed by atoms with Gasteiger partial charge in [-0.1, -0.05) is 61.5 Å². The Morgan fingerprint density at radius 3 is 2.32 bits per heavy atom. The Labute approximate surface area is 146 Å². The fraction of sp³-hybridized carbons (Fsp3) is 0.143. The van der Waals surface area contributed by atoms with E-state index in [0.29, 0.717) is 11.4 Å². The Morgan fingerprint density at radius 1 is 0.840 bits per heavy atom. The van der Waals surface area contributed by atoms with Crippen LogP contribution in [-0.4, -0.2) is 11.8 Å². The lowest BCUT2D eigenvalue weighted by atomic mass is 10.1. The second kappa shape index (κ2) is 7.18. The van der Waals surface area contributed by atoms with Crippen molar-refractivity contribution >= 4 is 34.0 Å². The quantitative estimate of drug-likeness (QED) is 0.703. The van der Waals surface area contributed by atoms with Gasteiger partial charge in [-0.15, -0.1) is 0 Å². The van der Waals surface area contributed by atoms with E-state index in [1.54, 1.807) is 6.07 Å². The Bertz CT molecular complexity index is 942. The van der Waals surface area contributed by atoms with Gasteiger partial charge in [0.15, 0.2) is 0 Å². The maximum absolute atomic E-state index is 12.4. The highest BCUT2D eigenvalue weighted by atomic mass is 16.2. The molecule has 4 nitrogen and oxygen atoms in total. The number of rotatable bonds is 3. The van der Waals surface area contributed by atoms with Gasteiger partial charge in [-0.2, -0.15) is 0 Å². The Hall–Kier alpha value is -3.14. The fourth-order valence-electron chi connectivity index (χ4n) is 2.89. The lowest BCUT2D eigenvalue weighted by molar-refractivity contribution is -0.132. The molecule has 2 N–H and O–H groups in total. The molecule has 0 spiro atoms. The van der Waals surface area contributed by atoms with Gasteiger partial charge in [0.25, 0.3) is 0 Å². The van der Waals surface area contributed by atoms with Crippen LogP contribution in [-0.2, 0) is 16.0 Å². The van der Waals surface area contributed by atoms with Gasteiger partial charge in [-0.3, -0.25) is 9.59 Å². The summed E-state index contributed by atoms with van der Waals surface area (Å²) in [4.78, 5) is 24.7. The zero-order valence-electron chi connectivity index (χ0n) is 14.3. The molecule has 0 saturated carbocycles. The zero-order chi connectivity index (χ0) is 17.8. The van der Waals surface area contributed by atoms with Crippen LogP contribution in [0.1, 0.15) is 18.1 Å². The lowest BCUT2D eigenvalue weighted by Crippen LogP contribution is -2.29. The Morgan fingerprint density at radius 2 is 1.52 bits per heavy atom. The highest BCUT2D eigenvalue weighted by Gasteiger charge is 2.17. The molecule has 126 valence electrons. The first-order chi connectivity index (χ1) is 12.1. The summed E-state index contributed by atoms with van der Waals surface area (Å²) in [5, 5.41) is 7.36. The third kappa shape index (κ3) is 3.53. The molecule has 0 aliphatic carbocycles. The number of carbonyl (C=O) groups excluding carboxylic acids is 2. The first-order valence-corrected chi connectivity index (χ1v) is 8.28. The lowest BCUT2D eigenvalue weighted by Gasteiger charge is -2.13. The average molecular weight is 332 g/mol. The van der Waals surface area contributed by atoms with Gasteiger partial charge in [-0.25, -0.2) is 0 Å². The highest BCUT2D eigenvalue weighted by molar-refractivity contribution is 6.44. The number of fused-ring (bicyclic) bond motifs is 1. The standard InChI is InChI=1S/C21H20N2O2/c1-3-15-10-6-8-14(2)19(15)23-21(25)20(24)22-18-13-7-11-16-9-4-5-12-17(16)18/h4-13H,3H2,1-2H3,(H,22,24)(H,23,25). The molecular formula is C21H20N2O2. The monoisotopic (exact) mass is 332 g/mol. The maximum Gasteiger partial charge on any atom is 0.314 e. The number of carbonyl (C=O) groups is 2. The summed E-state index contributed by atoms with van der Waals surface area (Å²) in [6.07, 6.45) is 0.780. The summed E-state index contributed by atoms with van der Waals surface area (Å²) in [5.41, 5.74) is 3.28. The van der Waals surface area contributed by atoms with Gasteiger partial charge in [-0.05, 0) is 35.9 Å². The van der Waals surface area contributed by atoms with Crippen LogP contribution in [0.25, 0.3) is 10.8 Å². The molecule has 0 saturated heterocycles. The minimum absolute atomic E-state index is 0.624. The number of hydrogen-bond acceptors (Lipinski definition) is 2. The molecule has 3 rings (SSSR count). The summed E-state index contributed by atoms with van der Waals surface area (Å²) < 4.78 is 0. The molecule has 25 heavy (non-hydrogen) atoms. The Kier molecular flexibility index (Phi) is 4.80. The van der Waals surface area contributed by atoms with Crippen molar-refractivity contribution in [3.63, 3.8) is 0 Å². The first kappa shape index (κ1) is 16.7. The van der Waals surface area contributed by atoms with E-state index in [4.69, 9.17) is 0 Å². The molecule has 0 heterocycles. The number of hydrogen-bond donors (Lipinski definition) is 2. The topological polar surface area (TPSA) is 58.2 Å². The maximum atomic E-state index is 12.4. The van der Waals surface area contributed by atoms with E-state index < -0.39 is 11.8 Å². The highest BCUT2D eigenvalue weighted by Crippen LogP contribution is 2.24. The fourth-order valence-corrected chi connectivity index (χ4v) is 2.89. The molecular weight excluding hydrogens is 312 g/mol. The van der Waals surface area contributed by atoms with E-state index in [1.807, 2.05) is 68.4 Å². The van der Waals surface area contributed by atoms with Crippen molar-refractivity contribution < 1.29 is 9.59 Å². The predicted molar refractivity (Wildman–Crippen MR) is 102 cm³/mol. The normalized spacial score (nSPS) is 10.5. The molecule has 0 atom stereocenters. The third-order valence-corrected chi connectivity index (χ3v) is 4.22. The number of anilines is 2. The summed E-state index contributed by atoms with van der Waals surface area (Å²) in [5.74, 6) is -1.35. The van der Waals surface area contributed by atoms with Gasteiger partial charge in [0.05, 0.1) is 0 Å². The first-order valence-electron chi connectivity index (χ1n) is 8.28. The van der Waals surface area contributed by atoms with Crippen LogP contribution in [0, 0.1) is 6.92 Å². The van der Waals surface area contributed by atoms with Crippen molar-refractivity contribution in [2.75, 3.05) is 10.6 Å². The Balaban J connectivity index is 1.81. The van der Waals surface area contributed by atoms with Crippen molar-refractivity contribution in [3.05, 3.63) is 71.8 Å². The van der Waals surface area contributed by atoms with E-state index in [0.717, 1.165) is 28.3 Å². The van der Waals surface area contributed by atoms with Crippen LogP contribution < -0.4 is 10.6 Å². The van der Waals surface area contributed by atoms with E-state index in [2.05, 4.69) is 10.6 Å². The predicted octanol–water partition coefficient (Wildman–Crippen LogP) is 4.29. The molecule has 0 aromatic heterocycles. The number of aryl methyl sites for hydroxylation is 2. The zero-order valence-corrected chi connectivity index (χ0v) is 14.3. The largest absolute Gasteiger partial charge is 0.317 e. The summed E-state index contributed by atoms with van der Waals surface area (Å²) >= 11 is 0. The molecule has 4 heteroatoms. The van der Waals surface area contributed by atoms with Gasteiger partial charge in [0.2, 0.25) is 0 Å². The smallest absolute Gasteiger partial charge is 0.314 e. The second-order valence-electron chi connectivity index (χ2n) is 5.90. The van der Waals surface area contributed by atoms with E-state index in [1.165, 1.54) is 0 Å². The van der Waals surface area contributed by atoms with Gasteiger partial charge >= 0.3 is 11.8 Å². The molecule has 0 bridgehead atoms. The third-order valence-electron chi connectivity index (χ3n) is 4.22. The molecule has 2 amide bonds. The molecule has 3 aromatic carbocycles. The van der Waals surface area contributed by atoms with Crippen LogP contribution >= 0.6 is 0 Å². The van der Waals surface area contributed by atoms with E-state index >= 15 is 0 Å². The number of benzene rings is 3. The van der Waals surface area contributed by atoms with Crippen LogP contribution in [0.5, 0.6) is 0 Å². The number of amides is 2. The minimum atomic E-state index is -0.679. The number of nitrogens with one attached hydrogen (secondary N) is 2. The molecule has 0 aliphatic rings. The summed E-state index contributed by atoms with van der Waals surface area (Å²) in [6, 6.07) is 19.1. The van der Waals surface area contributed by atoms with Crippen LogP contribution in [0.4, 0.5) is 11.4 Å². The second-order valence-corrected chi connectivity index (χ2v) is 5.90. The molecule has 0 unspecified atom stereocenters. The average Bonchev–Trinajstić information content (AvgIpc) is 2.63. The van der Waals surface area contributed by atoms with Gasteiger partial charge in [0, 0.05) is 16.8 Å². The van der Waals surface area contributed by atoms with Crippen LogP contribution in [0.2, 0.25) is 0 Å². The van der Waals surface area contributed by atoms with Crippen molar-refractivity contribution in [1.82, 2.24) is 0 Å². The summed E-state index contributed by atoms with van der Waals surface area (Å²) in [6.45, 7) is 3.93. The molecule has 0 radical (unpaired) electrons. The van der Waals surface area contributed by atoms with E-state index in [9.17, 15) is 9.59 Å². The molecule has 0 fully saturated rings. The van der Waals surface area contributed by atoms with Crippen LogP contribution in [0.15, 0.2) is 60.7 Å². The van der Waals surface area contributed by atoms with E-state index in [-0.39, 0.29) is 0 Å². The van der Waals surface area contributed by atoms with Gasteiger partial charge in [0.1, 0.15) is 0 Å². The van der Waals surface area contributed by atoms with Crippen LogP contribution in [0.3, 0.4) is 0 Å². The van der Waals surface area contributed by atoms with Crippen molar-refractivity contribution in [1.29, 1.82) is 0 Å². The van der Waals surface area contributed by atoms with Crippen molar-refractivity contribution in [2.45, 2.75) is 20.3 Å². The molecule has 3 aromatic rings. The summed E-state index contributed by atoms with van der Waals surface area (Å²) in [7, 11) is 0. The van der Waals surface area contributed by atoms with Gasteiger partial charge < -0.3 is 10.6 Å².